The van der Waals surface area contributed by atoms with E-state index in [1.807, 2.05) is 28.7 Å². The minimum absolute atomic E-state index is 0.185. The van der Waals surface area contributed by atoms with Crippen LogP contribution in [0.5, 0.6) is 0 Å². The van der Waals surface area contributed by atoms with E-state index in [1.54, 1.807) is 13.1 Å². The van der Waals surface area contributed by atoms with Gasteiger partial charge in [-0.25, -0.2) is 4.68 Å². The minimum Gasteiger partial charge on any atom is -0.387 e. The van der Waals surface area contributed by atoms with Gasteiger partial charge in [-0.1, -0.05) is 17.4 Å². The Morgan fingerprint density at radius 3 is 2.80 bits per heavy atom. The van der Waals surface area contributed by atoms with E-state index in [4.69, 9.17) is 0 Å². The summed E-state index contributed by atoms with van der Waals surface area (Å²) in [5.41, 5.74) is 0.594. The van der Waals surface area contributed by atoms with Gasteiger partial charge < -0.3 is 10.0 Å². The number of aliphatic hydroxyl groups excluding tert-OH is 1. The maximum atomic E-state index is 11.9. The smallest absolute Gasteiger partial charge is 0.226 e. The molecule has 0 saturated carbocycles. The molecule has 1 saturated heterocycles. The lowest BCUT2D eigenvalue weighted by Gasteiger charge is -2.31. The van der Waals surface area contributed by atoms with Gasteiger partial charge in [0, 0.05) is 19.5 Å². The SMILES string of the molecule is C/C=C/CC(=O)N1CCC(n2cc([C@H](C)O)nn2)CC1. The van der Waals surface area contributed by atoms with Gasteiger partial charge in [0.2, 0.25) is 5.91 Å². The average molecular weight is 278 g/mol. The lowest BCUT2D eigenvalue weighted by atomic mass is 10.0. The van der Waals surface area contributed by atoms with Crippen LogP contribution in [0, 0.1) is 0 Å². The van der Waals surface area contributed by atoms with Gasteiger partial charge in [-0.3, -0.25) is 4.79 Å². The van der Waals surface area contributed by atoms with Crippen molar-refractivity contribution in [2.75, 3.05) is 13.1 Å². The molecular formula is C14H22N4O2. The van der Waals surface area contributed by atoms with Crippen molar-refractivity contribution in [2.45, 2.75) is 45.3 Å². The number of allylic oxidation sites excluding steroid dienone is 1. The molecule has 2 heterocycles. The monoisotopic (exact) mass is 278 g/mol. The summed E-state index contributed by atoms with van der Waals surface area (Å²) >= 11 is 0. The second-order valence-corrected chi connectivity index (χ2v) is 5.18. The van der Waals surface area contributed by atoms with Crippen molar-refractivity contribution in [2.24, 2.45) is 0 Å². The summed E-state index contributed by atoms with van der Waals surface area (Å²) in [6, 6.07) is 0.265. The first-order chi connectivity index (χ1) is 9.61. The van der Waals surface area contributed by atoms with Crippen molar-refractivity contribution in [3.63, 3.8) is 0 Å². The van der Waals surface area contributed by atoms with Gasteiger partial charge in [0.1, 0.15) is 5.69 Å². The molecule has 0 unspecified atom stereocenters. The quantitative estimate of drug-likeness (QED) is 0.846. The van der Waals surface area contributed by atoms with Crippen LogP contribution in [0.1, 0.15) is 50.9 Å². The van der Waals surface area contributed by atoms with Gasteiger partial charge in [0.25, 0.3) is 0 Å². The molecule has 1 fully saturated rings. The number of carbonyl (C=O) groups is 1. The standard InChI is InChI=1S/C14H22N4O2/c1-3-4-5-14(20)17-8-6-12(7-9-17)18-10-13(11(2)19)15-16-18/h3-4,10-12,19H,5-9H2,1-2H3/b4-3+/t11-/m0/s1. The molecule has 1 N–H and O–H groups in total. The maximum absolute atomic E-state index is 11.9. The van der Waals surface area contributed by atoms with E-state index in [0.717, 1.165) is 25.9 Å². The Balaban J connectivity index is 1.88. The Labute approximate surface area is 119 Å². The van der Waals surface area contributed by atoms with Crippen LogP contribution in [0.4, 0.5) is 0 Å². The third-order valence-electron chi connectivity index (χ3n) is 3.68. The first kappa shape index (κ1) is 14.7. The Hall–Kier alpha value is -1.69. The predicted octanol–water partition coefficient (Wildman–Crippen LogP) is 1.46. The molecule has 1 aromatic heterocycles. The number of aromatic nitrogens is 3. The molecule has 1 aliphatic rings. The van der Waals surface area contributed by atoms with Crippen LogP contribution in [-0.4, -0.2) is 44.0 Å². The molecule has 20 heavy (non-hydrogen) atoms. The molecule has 6 nitrogen and oxygen atoms in total. The minimum atomic E-state index is -0.591. The maximum Gasteiger partial charge on any atom is 0.226 e. The van der Waals surface area contributed by atoms with Crippen LogP contribution >= 0.6 is 0 Å². The van der Waals surface area contributed by atoms with Gasteiger partial charge in [-0.05, 0) is 26.7 Å². The number of carbonyl (C=O) groups excluding carboxylic acids is 1. The van der Waals surface area contributed by atoms with E-state index in [9.17, 15) is 9.90 Å². The van der Waals surface area contributed by atoms with Crippen molar-refractivity contribution in [3.05, 3.63) is 24.0 Å². The lowest BCUT2D eigenvalue weighted by Crippen LogP contribution is -2.38. The number of hydrogen-bond acceptors (Lipinski definition) is 4. The zero-order chi connectivity index (χ0) is 14.5. The number of rotatable bonds is 4. The van der Waals surface area contributed by atoms with E-state index >= 15 is 0 Å². The summed E-state index contributed by atoms with van der Waals surface area (Å²) in [6.07, 6.45) is 7.24. The first-order valence-corrected chi connectivity index (χ1v) is 7.10. The molecule has 6 heteroatoms. The van der Waals surface area contributed by atoms with Gasteiger partial charge in [-0.15, -0.1) is 5.10 Å². The van der Waals surface area contributed by atoms with Crippen molar-refractivity contribution in [3.8, 4) is 0 Å². The number of aliphatic hydroxyl groups is 1. The molecule has 1 aliphatic heterocycles. The predicted molar refractivity (Wildman–Crippen MR) is 74.9 cm³/mol. The number of nitrogens with zero attached hydrogens (tertiary/aromatic N) is 4. The molecule has 0 radical (unpaired) electrons. The van der Waals surface area contributed by atoms with E-state index in [0.29, 0.717) is 12.1 Å². The summed E-state index contributed by atoms with van der Waals surface area (Å²) in [4.78, 5) is 13.8. The summed E-state index contributed by atoms with van der Waals surface area (Å²) < 4.78 is 1.82. The highest BCUT2D eigenvalue weighted by atomic mass is 16.3. The topological polar surface area (TPSA) is 71.2 Å². The van der Waals surface area contributed by atoms with Crippen molar-refractivity contribution in [1.82, 2.24) is 19.9 Å². The fraction of sp³-hybridized carbons (Fsp3) is 0.643. The summed E-state index contributed by atoms with van der Waals surface area (Å²) in [5.74, 6) is 0.185. The Morgan fingerprint density at radius 1 is 1.55 bits per heavy atom. The third kappa shape index (κ3) is 3.45. The lowest BCUT2D eigenvalue weighted by molar-refractivity contribution is -0.131. The Morgan fingerprint density at radius 2 is 2.25 bits per heavy atom. The molecular weight excluding hydrogens is 256 g/mol. The number of piperidine rings is 1. The highest BCUT2D eigenvalue weighted by Gasteiger charge is 2.24. The first-order valence-electron chi connectivity index (χ1n) is 7.10. The molecule has 0 spiro atoms. The van der Waals surface area contributed by atoms with E-state index < -0.39 is 6.10 Å². The summed E-state index contributed by atoms with van der Waals surface area (Å²) in [7, 11) is 0. The second kappa shape index (κ2) is 6.65. The van der Waals surface area contributed by atoms with Crippen molar-refractivity contribution in [1.29, 1.82) is 0 Å². The molecule has 0 aromatic carbocycles. The van der Waals surface area contributed by atoms with E-state index in [2.05, 4.69) is 10.3 Å². The molecule has 1 aromatic rings. The van der Waals surface area contributed by atoms with Crippen LogP contribution in [0.2, 0.25) is 0 Å². The molecule has 1 amide bonds. The second-order valence-electron chi connectivity index (χ2n) is 5.18. The molecule has 1 atom stereocenters. The van der Waals surface area contributed by atoms with E-state index in [1.165, 1.54) is 0 Å². The zero-order valence-electron chi connectivity index (χ0n) is 12.1. The average Bonchev–Trinajstić information content (AvgIpc) is 2.95. The fourth-order valence-corrected chi connectivity index (χ4v) is 2.39. The van der Waals surface area contributed by atoms with Crippen LogP contribution in [0.25, 0.3) is 0 Å². The van der Waals surface area contributed by atoms with Crippen LogP contribution < -0.4 is 0 Å². The van der Waals surface area contributed by atoms with Crippen LogP contribution in [-0.2, 0) is 4.79 Å². The molecule has 110 valence electrons. The third-order valence-corrected chi connectivity index (χ3v) is 3.68. The van der Waals surface area contributed by atoms with Crippen LogP contribution in [0.3, 0.4) is 0 Å². The Bertz CT molecular complexity index is 473. The van der Waals surface area contributed by atoms with Gasteiger partial charge in [0.15, 0.2) is 0 Å². The number of hydrogen-bond donors (Lipinski definition) is 1. The highest BCUT2D eigenvalue weighted by molar-refractivity contribution is 5.77. The van der Waals surface area contributed by atoms with Gasteiger partial charge >= 0.3 is 0 Å². The largest absolute Gasteiger partial charge is 0.387 e. The van der Waals surface area contributed by atoms with Crippen LogP contribution in [0.15, 0.2) is 18.3 Å². The van der Waals surface area contributed by atoms with Crippen molar-refractivity contribution < 1.29 is 9.90 Å². The van der Waals surface area contributed by atoms with Gasteiger partial charge in [0.05, 0.1) is 18.3 Å². The molecule has 0 bridgehead atoms. The fourth-order valence-electron chi connectivity index (χ4n) is 2.39. The number of likely N-dealkylation sites (tertiary alicyclic amines) is 1. The summed E-state index contributed by atoms with van der Waals surface area (Å²) in [6.45, 7) is 5.11. The van der Waals surface area contributed by atoms with Gasteiger partial charge in [-0.2, -0.15) is 0 Å². The zero-order valence-corrected chi connectivity index (χ0v) is 12.1. The van der Waals surface area contributed by atoms with E-state index in [-0.39, 0.29) is 11.9 Å². The Kier molecular flexibility index (Phi) is 4.89. The normalized spacial score (nSPS) is 18.6. The summed E-state index contributed by atoms with van der Waals surface area (Å²) in [5, 5.41) is 17.5. The molecule has 0 aliphatic carbocycles. The highest BCUT2D eigenvalue weighted by Crippen LogP contribution is 2.23. The molecule has 2 rings (SSSR count). The van der Waals surface area contributed by atoms with Crippen molar-refractivity contribution >= 4 is 5.91 Å². The number of amides is 1.